The first-order valence-electron chi connectivity index (χ1n) is 6.55. The quantitative estimate of drug-likeness (QED) is 0.795. The Labute approximate surface area is 121 Å². The molecule has 0 saturated carbocycles. The minimum Gasteiger partial charge on any atom is -0.481 e. The van der Waals surface area contributed by atoms with E-state index in [9.17, 15) is 4.79 Å². The second kappa shape index (κ2) is 4.97. The summed E-state index contributed by atoms with van der Waals surface area (Å²) in [6, 6.07) is 9.75. The molecular formula is C15H14N4O2. The third-order valence-corrected chi connectivity index (χ3v) is 3.44. The molecule has 1 aromatic carbocycles. The number of carboxylic acid groups (broad SMARTS) is 1. The Bertz CT molecular complexity index is 839. The number of nitrogens with zero attached hydrogens (tertiary/aromatic N) is 4. The topological polar surface area (TPSA) is 80.4 Å². The molecule has 6 heteroatoms. The predicted molar refractivity (Wildman–Crippen MR) is 77.0 cm³/mol. The van der Waals surface area contributed by atoms with E-state index in [0.29, 0.717) is 11.5 Å². The fourth-order valence-corrected chi connectivity index (χ4v) is 2.13. The lowest BCUT2D eigenvalue weighted by molar-refractivity contribution is -0.136. The first-order chi connectivity index (χ1) is 10.0. The minimum atomic E-state index is -0.956. The van der Waals surface area contributed by atoms with Crippen LogP contribution < -0.4 is 0 Å². The van der Waals surface area contributed by atoms with Gasteiger partial charge in [-0.25, -0.2) is 0 Å². The second-order valence-corrected chi connectivity index (χ2v) is 4.97. The van der Waals surface area contributed by atoms with Crippen LogP contribution in [0.2, 0.25) is 0 Å². The summed E-state index contributed by atoms with van der Waals surface area (Å²) in [5.74, 6) is -0.633. The van der Waals surface area contributed by atoms with E-state index in [1.54, 1.807) is 6.07 Å². The molecule has 0 fully saturated rings. The highest BCUT2D eigenvalue weighted by molar-refractivity contribution is 5.69. The number of rotatable bonds is 3. The van der Waals surface area contributed by atoms with Gasteiger partial charge in [0.1, 0.15) is 6.42 Å². The number of fused-ring (bicyclic) bond motifs is 1. The molecule has 0 saturated heterocycles. The molecule has 2 heterocycles. The van der Waals surface area contributed by atoms with Gasteiger partial charge < -0.3 is 5.11 Å². The molecule has 0 aliphatic heterocycles. The first kappa shape index (κ1) is 13.2. The summed E-state index contributed by atoms with van der Waals surface area (Å²) >= 11 is 0. The molecule has 0 spiro atoms. The molecule has 0 aliphatic carbocycles. The zero-order valence-corrected chi connectivity index (χ0v) is 11.7. The number of carboxylic acids is 1. The molecule has 21 heavy (non-hydrogen) atoms. The number of aromatic nitrogens is 4. The highest BCUT2D eigenvalue weighted by atomic mass is 16.4. The highest BCUT2D eigenvalue weighted by Gasteiger charge is 2.12. The summed E-state index contributed by atoms with van der Waals surface area (Å²) in [7, 11) is 0. The van der Waals surface area contributed by atoms with Gasteiger partial charge in [0.25, 0.3) is 0 Å². The summed E-state index contributed by atoms with van der Waals surface area (Å²) in [6.45, 7) is 4.10. The van der Waals surface area contributed by atoms with E-state index in [4.69, 9.17) is 5.11 Å². The van der Waals surface area contributed by atoms with Crippen molar-refractivity contribution >= 4 is 11.6 Å². The Morgan fingerprint density at radius 1 is 1.14 bits per heavy atom. The van der Waals surface area contributed by atoms with Crippen molar-refractivity contribution in [3.8, 4) is 11.3 Å². The van der Waals surface area contributed by atoms with Crippen LogP contribution in [0.25, 0.3) is 16.9 Å². The molecule has 1 N–H and O–H groups in total. The number of carbonyl (C=O) groups is 1. The fourth-order valence-electron chi connectivity index (χ4n) is 2.13. The van der Waals surface area contributed by atoms with Crippen molar-refractivity contribution in [2.45, 2.75) is 20.3 Å². The van der Waals surface area contributed by atoms with Gasteiger partial charge in [-0.3, -0.25) is 4.79 Å². The standard InChI is InChI=1S/C15H14N4O2/c1-9-3-4-11(7-10(9)2)12-5-6-13-16-17-14(8-15(20)21)19(13)18-12/h3-7H,8H2,1-2H3,(H,20,21). The van der Waals surface area contributed by atoms with Crippen LogP contribution in [0.1, 0.15) is 17.0 Å². The van der Waals surface area contributed by atoms with Gasteiger partial charge in [-0.1, -0.05) is 12.1 Å². The van der Waals surface area contributed by atoms with Gasteiger partial charge in [0.2, 0.25) is 0 Å². The Hall–Kier alpha value is -2.76. The number of hydrogen-bond acceptors (Lipinski definition) is 4. The van der Waals surface area contributed by atoms with Crippen molar-refractivity contribution in [1.29, 1.82) is 0 Å². The summed E-state index contributed by atoms with van der Waals surface area (Å²) in [5.41, 5.74) is 4.69. The lowest BCUT2D eigenvalue weighted by Crippen LogP contribution is -2.07. The molecule has 0 radical (unpaired) electrons. The maximum Gasteiger partial charge on any atom is 0.311 e. The average Bonchev–Trinajstić information content (AvgIpc) is 2.84. The fraction of sp³-hybridized carbons (Fsp3) is 0.200. The molecule has 0 atom stereocenters. The molecule has 106 valence electrons. The Morgan fingerprint density at radius 3 is 2.67 bits per heavy atom. The van der Waals surface area contributed by atoms with E-state index in [0.717, 1.165) is 11.3 Å². The number of hydrogen-bond donors (Lipinski definition) is 1. The molecular weight excluding hydrogens is 268 g/mol. The Morgan fingerprint density at radius 2 is 1.95 bits per heavy atom. The molecule has 0 amide bonds. The molecule has 2 aromatic heterocycles. The van der Waals surface area contributed by atoms with E-state index in [1.807, 2.05) is 25.1 Å². The maximum absolute atomic E-state index is 10.8. The van der Waals surface area contributed by atoms with Gasteiger partial charge in [-0.05, 0) is 43.2 Å². The zero-order valence-electron chi connectivity index (χ0n) is 11.7. The van der Waals surface area contributed by atoms with Crippen LogP contribution in [-0.4, -0.2) is 30.9 Å². The van der Waals surface area contributed by atoms with Crippen LogP contribution in [0.3, 0.4) is 0 Å². The monoisotopic (exact) mass is 282 g/mol. The van der Waals surface area contributed by atoms with Crippen molar-refractivity contribution in [3.05, 3.63) is 47.3 Å². The van der Waals surface area contributed by atoms with Gasteiger partial charge in [-0.2, -0.15) is 9.61 Å². The van der Waals surface area contributed by atoms with Gasteiger partial charge >= 0.3 is 5.97 Å². The molecule has 3 aromatic rings. The Balaban J connectivity index is 2.10. The lowest BCUT2D eigenvalue weighted by atomic mass is 10.0. The van der Waals surface area contributed by atoms with Crippen LogP contribution in [0.15, 0.2) is 30.3 Å². The van der Waals surface area contributed by atoms with E-state index in [2.05, 4.69) is 28.3 Å². The van der Waals surface area contributed by atoms with Crippen molar-refractivity contribution in [2.75, 3.05) is 0 Å². The van der Waals surface area contributed by atoms with Crippen LogP contribution in [0, 0.1) is 13.8 Å². The predicted octanol–water partition coefficient (Wildman–Crippen LogP) is 2.04. The van der Waals surface area contributed by atoms with Crippen LogP contribution in [-0.2, 0) is 11.2 Å². The third kappa shape index (κ3) is 2.47. The summed E-state index contributed by atoms with van der Waals surface area (Å²) in [6.07, 6.45) is -0.204. The van der Waals surface area contributed by atoms with Crippen LogP contribution in [0.4, 0.5) is 0 Å². The SMILES string of the molecule is Cc1ccc(-c2ccc3nnc(CC(=O)O)n3n2)cc1C. The van der Waals surface area contributed by atoms with Crippen LogP contribution >= 0.6 is 0 Å². The minimum absolute atomic E-state index is 0.204. The van der Waals surface area contributed by atoms with Crippen molar-refractivity contribution < 1.29 is 9.90 Å². The van der Waals surface area contributed by atoms with E-state index >= 15 is 0 Å². The van der Waals surface area contributed by atoms with E-state index < -0.39 is 5.97 Å². The maximum atomic E-state index is 10.8. The number of aryl methyl sites for hydroxylation is 2. The molecule has 0 unspecified atom stereocenters. The van der Waals surface area contributed by atoms with Gasteiger partial charge in [0.05, 0.1) is 5.69 Å². The van der Waals surface area contributed by atoms with Crippen molar-refractivity contribution in [3.63, 3.8) is 0 Å². The lowest BCUT2D eigenvalue weighted by Gasteiger charge is -2.05. The van der Waals surface area contributed by atoms with Crippen molar-refractivity contribution in [2.24, 2.45) is 0 Å². The van der Waals surface area contributed by atoms with Crippen LogP contribution in [0.5, 0.6) is 0 Å². The number of aliphatic carboxylic acids is 1. The first-order valence-corrected chi connectivity index (χ1v) is 6.55. The van der Waals surface area contributed by atoms with Gasteiger partial charge in [0.15, 0.2) is 11.5 Å². The average molecular weight is 282 g/mol. The van der Waals surface area contributed by atoms with Gasteiger partial charge in [-0.15, -0.1) is 10.2 Å². The normalized spacial score (nSPS) is 11.0. The Kier molecular flexibility index (Phi) is 3.13. The van der Waals surface area contributed by atoms with Gasteiger partial charge in [0, 0.05) is 5.56 Å². The zero-order chi connectivity index (χ0) is 15.0. The summed E-state index contributed by atoms with van der Waals surface area (Å²) < 4.78 is 1.48. The number of benzene rings is 1. The summed E-state index contributed by atoms with van der Waals surface area (Å²) in [4.78, 5) is 10.8. The molecule has 0 bridgehead atoms. The summed E-state index contributed by atoms with van der Waals surface area (Å²) in [5, 5.41) is 21.1. The highest BCUT2D eigenvalue weighted by Crippen LogP contribution is 2.20. The van der Waals surface area contributed by atoms with E-state index in [1.165, 1.54) is 15.6 Å². The third-order valence-electron chi connectivity index (χ3n) is 3.44. The second-order valence-electron chi connectivity index (χ2n) is 4.97. The molecule has 0 aliphatic rings. The van der Waals surface area contributed by atoms with Crippen molar-refractivity contribution in [1.82, 2.24) is 19.8 Å². The molecule has 3 rings (SSSR count). The molecule has 6 nitrogen and oxygen atoms in total. The van der Waals surface area contributed by atoms with E-state index in [-0.39, 0.29) is 6.42 Å². The smallest absolute Gasteiger partial charge is 0.311 e. The largest absolute Gasteiger partial charge is 0.481 e.